The van der Waals surface area contributed by atoms with E-state index in [9.17, 15) is 24.0 Å². The Morgan fingerprint density at radius 1 is 0.820 bits per heavy atom. The summed E-state index contributed by atoms with van der Waals surface area (Å²) in [6.45, 7) is 5.41. The van der Waals surface area contributed by atoms with Crippen LogP contribution in [0.4, 0.5) is 0 Å². The highest BCUT2D eigenvalue weighted by molar-refractivity contribution is 6.23. The average molecular weight is 692 g/mol. The number of benzene rings is 2. The maximum Gasteiger partial charge on any atom is 0.347 e. The van der Waals surface area contributed by atoms with E-state index >= 15 is 0 Å². The van der Waals surface area contributed by atoms with Crippen molar-refractivity contribution >= 4 is 29.6 Å². The number of ether oxygens (including phenoxy) is 7. The number of imide groups is 2. The van der Waals surface area contributed by atoms with E-state index in [1.807, 2.05) is 0 Å². The molecule has 4 amide bonds. The van der Waals surface area contributed by atoms with Gasteiger partial charge < -0.3 is 33.2 Å². The molecule has 0 aliphatic carbocycles. The number of carbonyl (C=O) groups is 5. The van der Waals surface area contributed by atoms with Crippen molar-refractivity contribution in [2.75, 3.05) is 46.2 Å². The van der Waals surface area contributed by atoms with Crippen LogP contribution in [0.2, 0.25) is 0 Å². The molecule has 1 aromatic heterocycles. The SMILES string of the molecule is CCOC(=O)[C@@H](C)Oc1ccc(Oc2ccc(OCCOCCOCCOc3ccc4c(c3)C(=O)N(C3CCC(=O)NC3=O)C4=O)cn2)cc1. The van der Waals surface area contributed by atoms with Crippen LogP contribution in [0.3, 0.4) is 0 Å². The molecule has 1 saturated heterocycles. The second-order valence-corrected chi connectivity index (χ2v) is 11.0. The normalized spacial score (nSPS) is 16.0. The predicted octanol–water partition coefficient (Wildman–Crippen LogP) is 3.10. The minimum atomic E-state index is -1.02. The van der Waals surface area contributed by atoms with Crippen LogP contribution in [-0.4, -0.2) is 97.9 Å². The molecule has 1 unspecified atom stereocenters. The van der Waals surface area contributed by atoms with E-state index < -0.39 is 41.7 Å². The number of fused-ring (bicyclic) bond motifs is 1. The number of hydrogen-bond donors (Lipinski definition) is 1. The van der Waals surface area contributed by atoms with Crippen LogP contribution in [0, 0.1) is 0 Å². The molecule has 2 aliphatic heterocycles. The number of amides is 4. The third-order valence-corrected chi connectivity index (χ3v) is 7.46. The van der Waals surface area contributed by atoms with Gasteiger partial charge in [-0.15, -0.1) is 0 Å². The van der Waals surface area contributed by atoms with Gasteiger partial charge in [0.05, 0.1) is 50.4 Å². The fourth-order valence-corrected chi connectivity index (χ4v) is 5.03. The fraction of sp³-hybridized carbons (Fsp3) is 0.371. The number of hydrogen-bond acceptors (Lipinski definition) is 13. The fourth-order valence-electron chi connectivity index (χ4n) is 5.03. The summed E-state index contributed by atoms with van der Waals surface area (Å²) in [5, 5.41) is 2.17. The quantitative estimate of drug-likeness (QED) is 0.117. The number of rotatable bonds is 18. The lowest BCUT2D eigenvalue weighted by molar-refractivity contribution is -0.150. The van der Waals surface area contributed by atoms with Gasteiger partial charge in [-0.05, 0) is 68.8 Å². The van der Waals surface area contributed by atoms with Gasteiger partial charge >= 0.3 is 5.97 Å². The summed E-state index contributed by atoms with van der Waals surface area (Å²) in [6, 6.07) is 13.7. The highest BCUT2D eigenvalue weighted by Gasteiger charge is 2.44. The monoisotopic (exact) mass is 691 g/mol. The summed E-state index contributed by atoms with van der Waals surface area (Å²) in [7, 11) is 0. The van der Waals surface area contributed by atoms with Crippen molar-refractivity contribution in [1.29, 1.82) is 0 Å². The second kappa shape index (κ2) is 17.2. The van der Waals surface area contributed by atoms with E-state index in [0.717, 1.165) is 4.90 Å². The number of pyridine rings is 1. The van der Waals surface area contributed by atoms with Crippen molar-refractivity contribution in [3.05, 3.63) is 71.9 Å². The van der Waals surface area contributed by atoms with Gasteiger partial charge in [0.15, 0.2) is 6.10 Å². The van der Waals surface area contributed by atoms with Crippen molar-refractivity contribution in [1.82, 2.24) is 15.2 Å². The number of carbonyl (C=O) groups excluding carboxylic acids is 5. The zero-order chi connectivity index (χ0) is 35.5. The Kier molecular flexibility index (Phi) is 12.3. The molecule has 1 fully saturated rings. The van der Waals surface area contributed by atoms with Gasteiger partial charge in [0.1, 0.15) is 42.3 Å². The van der Waals surface area contributed by atoms with Crippen LogP contribution >= 0.6 is 0 Å². The van der Waals surface area contributed by atoms with E-state index in [1.54, 1.807) is 62.5 Å². The van der Waals surface area contributed by atoms with Crippen LogP contribution < -0.4 is 24.3 Å². The highest BCUT2D eigenvalue weighted by atomic mass is 16.6. The molecule has 2 atom stereocenters. The largest absolute Gasteiger partial charge is 0.491 e. The minimum absolute atomic E-state index is 0.0538. The first-order valence-electron chi connectivity index (χ1n) is 16.1. The molecule has 1 N–H and O–H groups in total. The second-order valence-electron chi connectivity index (χ2n) is 11.0. The van der Waals surface area contributed by atoms with E-state index in [2.05, 4.69) is 10.3 Å². The number of aromatic nitrogens is 1. The van der Waals surface area contributed by atoms with E-state index in [0.29, 0.717) is 55.3 Å². The van der Waals surface area contributed by atoms with Gasteiger partial charge in [0, 0.05) is 12.5 Å². The predicted molar refractivity (Wildman–Crippen MR) is 173 cm³/mol. The molecule has 15 heteroatoms. The lowest BCUT2D eigenvalue weighted by Gasteiger charge is -2.27. The Bertz CT molecular complexity index is 1680. The van der Waals surface area contributed by atoms with Crippen molar-refractivity contribution in [3.63, 3.8) is 0 Å². The Morgan fingerprint density at radius 3 is 2.10 bits per heavy atom. The summed E-state index contributed by atoms with van der Waals surface area (Å²) in [4.78, 5) is 66.3. The molecule has 0 saturated carbocycles. The van der Waals surface area contributed by atoms with Crippen molar-refractivity contribution in [3.8, 4) is 28.9 Å². The maximum absolute atomic E-state index is 12.9. The molecule has 2 aliphatic rings. The first-order chi connectivity index (χ1) is 24.2. The smallest absolute Gasteiger partial charge is 0.347 e. The van der Waals surface area contributed by atoms with Crippen molar-refractivity contribution in [2.45, 2.75) is 38.8 Å². The van der Waals surface area contributed by atoms with Gasteiger partial charge in [-0.3, -0.25) is 29.4 Å². The van der Waals surface area contributed by atoms with Crippen molar-refractivity contribution in [2.24, 2.45) is 0 Å². The highest BCUT2D eigenvalue weighted by Crippen LogP contribution is 2.30. The Morgan fingerprint density at radius 2 is 1.44 bits per heavy atom. The number of esters is 1. The zero-order valence-corrected chi connectivity index (χ0v) is 27.6. The van der Waals surface area contributed by atoms with E-state index in [1.165, 1.54) is 12.1 Å². The van der Waals surface area contributed by atoms with Gasteiger partial charge in [0.25, 0.3) is 11.8 Å². The maximum atomic E-state index is 12.9. The van der Waals surface area contributed by atoms with Crippen LogP contribution in [0.1, 0.15) is 47.4 Å². The summed E-state index contributed by atoms with van der Waals surface area (Å²) >= 11 is 0. The Balaban J connectivity index is 0.921. The van der Waals surface area contributed by atoms with Crippen LogP contribution in [0.5, 0.6) is 28.9 Å². The molecule has 2 aromatic carbocycles. The molecule has 15 nitrogen and oxygen atoms in total. The summed E-state index contributed by atoms with van der Waals surface area (Å²) < 4.78 is 38.6. The third kappa shape index (κ3) is 9.33. The molecule has 3 heterocycles. The van der Waals surface area contributed by atoms with Crippen LogP contribution in [-0.2, 0) is 28.6 Å². The van der Waals surface area contributed by atoms with Crippen LogP contribution in [0.15, 0.2) is 60.8 Å². The third-order valence-electron chi connectivity index (χ3n) is 7.46. The molecule has 264 valence electrons. The number of piperidine rings is 1. The zero-order valence-electron chi connectivity index (χ0n) is 27.6. The number of nitrogens with zero attached hydrogens (tertiary/aromatic N) is 2. The van der Waals surface area contributed by atoms with Gasteiger partial charge in [-0.1, -0.05) is 0 Å². The molecule has 5 rings (SSSR count). The lowest BCUT2D eigenvalue weighted by atomic mass is 10.0. The van der Waals surface area contributed by atoms with E-state index in [-0.39, 0.29) is 43.8 Å². The average Bonchev–Trinajstić information content (AvgIpc) is 3.35. The molecule has 0 spiro atoms. The first-order valence-corrected chi connectivity index (χ1v) is 16.1. The summed E-state index contributed by atoms with van der Waals surface area (Å²) in [6.07, 6.45) is 0.963. The molecular formula is C35H37N3O12. The van der Waals surface area contributed by atoms with Gasteiger partial charge in [0.2, 0.25) is 17.7 Å². The molecule has 3 aromatic rings. The number of nitrogens with one attached hydrogen (secondary N) is 1. The van der Waals surface area contributed by atoms with E-state index in [4.69, 9.17) is 33.2 Å². The Labute approximate surface area is 287 Å². The lowest BCUT2D eigenvalue weighted by Crippen LogP contribution is -2.54. The first kappa shape index (κ1) is 35.8. The molecule has 50 heavy (non-hydrogen) atoms. The van der Waals surface area contributed by atoms with Gasteiger partial charge in [-0.2, -0.15) is 0 Å². The molecule has 0 bridgehead atoms. The molecule has 0 radical (unpaired) electrons. The van der Waals surface area contributed by atoms with Crippen molar-refractivity contribution < 1.29 is 57.1 Å². The van der Waals surface area contributed by atoms with Gasteiger partial charge in [-0.25, -0.2) is 9.78 Å². The Hall–Kier alpha value is -5.54. The minimum Gasteiger partial charge on any atom is -0.491 e. The summed E-state index contributed by atoms with van der Waals surface area (Å²) in [5.74, 6) is -0.340. The molecular weight excluding hydrogens is 654 g/mol. The standard InChI is InChI=1S/C35H37N3O12/c1-3-46-35(43)22(2)49-23-4-6-24(7-5-23)50-31-13-9-26(21-36-31)48-19-17-45-15-14-44-16-18-47-25-8-10-27-28(20-25)34(42)38(33(27)41)29-11-12-30(39)37-32(29)40/h4-10,13,20-22,29H,3,11-12,14-19H2,1-2H3,(H,37,39,40)/t22-,29?/m1/s1. The topological polar surface area (TPSA) is 178 Å². The summed E-state index contributed by atoms with van der Waals surface area (Å²) in [5.41, 5.74) is 0.326. The van der Waals surface area contributed by atoms with Crippen LogP contribution in [0.25, 0.3) is 0 Å².